The summed E-state index contributed by atoms with van der Waals surface area (Å²) in [6.45, 7) is 1.81. The van der Waals surface area contributed by atoms with Gasteiger partial charge in [-0.2, -0.15) is 0 Å². The Hall–Kier alpha value is -2.48. The van der Waals surface area contributed by atoms with Crippen LogP contribution < -0.4 is 5.32 Å². The van der Waals surface area contributed by atoms with Crippen LogP contribution in [0.2, 0.25) is 5.02 Å². The van der Waals surface area contributed by atoms with E-state index in [1.165, 1.54) is 0 Å². The summed E-state index contributed by atoms with van der Waals surface area (Å²) in [6.07, 6.45) is 0.330. The Balaban J connectivity index is 1.38. The van der Waals surface area contributed by atoms with Crippen molar-refractivity contribution in [1.29, 1.82) is 0 Å². The zero-order valence-corrected chi connectivity index (χ0v) is 16.0. The molecule has 1 amide bonds. The number of aliphatic hydroxyl groups is 1. The Labute approximate surface area is 167 Å². The molecule has 2 aromatic carbocycles. The Kier molecular flexibility index (Phi) is 5.57. The van der Waals surface area contributed by atoms with Gasteiger partial charge in [0.15, 0.2) is 0 Å². The Bertz CT molecular complexity index is 959. The van der Waals surface area contributed by atoms with Crippen LogP contribution in [0.15, 0.2) is 47.1 Å². The molecule has 2 heterocycles. The number of halogens is 1. The van der Waals surface area contributed by atoms with Gasteiger partial charge >= 0.3 is 0 Å². The molecule has 0 bridgehead atoms. The highest BCUT2D eigenvalue weighted by Crippen LogP contribution is 2.20. The first-order chi connectivity index (χ1) is 13.6. The van der Waals surface area contributed by atoms with Crippen LogP contribution in [0.25, 0.3) is 11.0 Å². The lowest BCUT2D eigenvalue weighted by molar-refractivity contribution is -0.121. The van der Waals surface area contributed by atoms with Crippen molar-refractivity contribution in [2.24, 2.45) is 0 Å². The predicted molar refractivity (Wildman–Crippen MR) is 105 cm³/mol. The number of amides is 1. The number of fused-ring (bicyclic) bond motifs is 1. The summed E-state index contributed by atoms with van der Waals surface area (Å²) in [5, 5.41) is 21.8. The van der Waals surface area contributed by atoms with Gasteiger partial charge in [-0.1, -0.05) is 35.9 Å². The van der Waals surface area contributed by atoms with Gasteiger partial charge < -0.3 is 10.4 Å². The molecule has 0 saturated carbocycles. The number of benzene rings is 2. The van der Waals surface area contributed by atoms with Crippen LogP contribution >= 0.6 is 11.6 Å². The maximum absolute atomic E-state index is 12.4. The van der Waals surface area contributed by atoms with Gasteiger partial charge in [0.05, 0.1) is 12.5 Å². The number of aliphatic hydroxyl groups excluding tert-OH is 1. The summed E-state index contributed by atoms with van der Waals surface area (Å²) in [4.78, 5) is 14.5. The number of hydrogen-bond acceptors (Lipinski definition) is 6. The second kappa shape index (κ2) is 8.26. The van der Waals surface area contributed by atoms with Gasteiger partial charge in [-0.25, -0.2) is 4.63 Å². The molecule has 1 aliphatic rings. The highest BCUT2D eigenvalue weighted by molar-refractivity contribution is 6.30. The molecule has 8 heteroatoms. The van der Waals surface area contributed by atoms with Crippen LogP contribution in [-0.2, 0) is 17.8 Å². The number of likely N-dealkylation sites (tertiary alicyclic amines) is 1. The molecule has 0 unspecified atom stereocenters. The number of aromatic nitrogens is 2. The van der Waals surface area contributed by atoms with Crippen molar-refractivity contribution in [1.82, 2.24) is 20.5 Å². The standard InChI is InChI=1S/C20H21ClN4O3/c21-15-6-4-13(5-7-15)8-19(27)22-16-9-17(26)12-25(11-16)10-14-2-1-3-18-20(14)24-28-23-18/h1-7,16-17,26H,8-12H2,(H,22,27)/t16-,17+/m0/s1. The van der Waals surface area contributed by atoms with Crippen molar-refractivity contribution in [3.8, 4) is 0 Å². The minimum atomic E-state index is -0.496. The van der Waals surface area contributed by atoms with E-state index >= 15 is 0 Å². The SMILES string of the molecule is O=C(Cc1ccc(Cl)cc1)N[C@H]1C[C@@H](O)CN(Cc2cccc3nonc23)C1. The first-order valence-electron chi connectivity index (χ1n) is 9.21. The largest absolute Gasteiger partial charge is 0.392 e. The summed E-state index contributed by atoms with van der Waals surface area (Å²) >= 11 is 5.88. The summed E-state index contributed by atoms with van der Waals surface area (Å²) in [7, 11) is 0. The maximum Gasteiger partial charge on any atom is 0.224 e. The van der Waals surface area contributed by atoms with E-state index in [1.807, 2.05) is 30.3 Å². The zero-order valence-electron chi connectivity index (χ0n) is 15.2. The van der Waals surface area contributed by atoms with E-state index in [9.17, 15) is 9.90 Å². The molecule has 1 aromatic heterocycles. The summed E-state index contributed by atoms with van der Waals surface area (Å²) in [5.41, 5.74) is 3.33. The van der Waals surface area contributed by atoms with Crippen LogP contribution in [0.4, 0.5) is 0 Å². The predicted octanol–water partition coefficient (Wildman–Crippen LogP) is 2.17. The molecule has 7 nitrogen and oxygen atoms in total. The van der Waals surface area contributed by atoms with Crippen LogP contribution in [0.1, 0.15) is 17.5 Å². The van der Waals surface area contributed by atoms with E-state index in [0.29, 0.717) is 36.6 Å². The minimum Gasteiger partial charge on any atom is -0.392 e. The van der Waals surface area contributed by atoms with Crippen molar-refractivity contribution < 1.29 is 14.5 Å². The smallest absolute Gasteiger partial charge is 0.224 e. The summed E-state index contributed by atoms with van der Waals surface area (Å²) in [6, 6.07) is 12.9. The molecule has 3 aromatic rings. The molecule has 146 valence electrons. The van der Waals surface area contributed by atoms with Gasteiger partial charge in [0.2, 0.25) is 5.91 Å². The lowest BCUT2D eigenvalue weighted by atomic mass is 10.0. The molecule has 4 rings (SSSR count). The molecule has 0 spiro atoms. The number of hydrogen-bond donors (Lipinski definition) is 2. The van der Waals surface area contributed by atoms with Crippen molar-refractivity contribution in [2.45, 2.75) is 31.5 Å². The van der Waals surface area contributed by atoms with Crippen molar-refractivity contribution in [3.63, 3.8) is 0 Å². The average Bonchev–Trinajstić information content (AvgIpc) is 3.13. The third kappa shape index (κ3) is 4.49. The number of nitrogens with zero attached hydrogens (tertiary/aromatic N) is 3. The summed E-state index contributed by atoms with van der Waals surface area (Å²) in [5.74, 6) is -0.0656. The Morgan fingerprint density at radius 2 is 2.04 bits per heavy atom. The van der Waals surface area contributed by atoms with Gasteiger partial charge in [-0.05, 0) is 46.1 Å². The van der Waals surface area contributed by atoms with Crippen LogP contribution in [0.3, 0.4) is 0 Å². The highest BCUT2D eigenvalue weighted by atomic mass is 35.5. The first kappa shape index (κ1) is 18.9. The van der Waals surface area contributed by atoms with Gasteiger partial charge in [-0.15, -0.1) is 0 Å². The second-order valence-corrected chi connectivity index (χ2v) is 7.64. The molecule has 28 heavy (non-hydrogen) atoms. The van der Waals surface area contributed by atoms with Crippen molar-refractivity contribution in [2.75, 3.05) is 13.1 Å². The molecule has 0 aliphatic carbocycles. The minimum absolute atomic E-state index is 0.0656. The van der Waals surface area contributed by atoms with E-state index in [0.717, 1.165) is 16.6 Å². The number of β-amino-alcohol motifs (C(OH)–C–C–N with tert-alkyl or cyclic N) is 1. The van der Waals surface area contributed by atoms with Crippen LogP contribution in [0.5, 0.6) is 0 Å². The third-order valence-corrected chi connectivity index (χ3v) is 5.16. The van der Waals surface area contributed by atoms with Crippen LogP contribution in [-0.4, -0.2) is 51.5 Å². The van der Waals surface area contributed by atoms with Crippen molar-refractivity contribution in [3.05, 3.63) is 58.6 Å². The Morgan fingerprint density at radius 1 is 1.21 bits per heavy atom. The van der Waals surface area contributed by atoms with Crippen molar-refractivity contribution >= 4 is 28.5 Å². The first-order valence-corrected chi connectivity index (χ1v) is 9.59. The zero-order chi connectivity index (χ0) is 19.5. The van der Waals surface area contributed by atoms with Crippen LogP contribution in [0, 0.1) is 0 Å². The van der Waals surface area contributed by atoms with E-state index in [2.05, 4.69) is 20.5 Å². The van der Waals surface area contributed by atoms with Gasteiger partial charge in [0.25, 0.3) is 0 Å². The molecular weight excluding hydrogens is 380 g/mol. The number of carbonyl (C=O) groups excluding carboxylic acids is 1. The monoisotopic (exact) mass is 400 g/mol. The van der Waals surface area contributed by atoms with Gasteiger partial charge in [0, 0.05) is 30.7 Å². The Morgan fingerprint density at radius 3 is 2.86 bits per heavy atom. The molecule has 0 radical (unpaired) electrons. The maximum atomic E-state index is 12.4. The number of piperidine rings is 1. The fraction of sp³-hybridized carbons (Fsp3) is 0.350. The fourth-order valence-corrected chi connectivity index (χ4v) is 3.82. The summed E-state index contributed by atoms with van der Waals surface area (Å²) < 4.78 is 4.82. The number of carbonyl (C=O) groups is 1. The topological polar surface area (TPSA) is 91.5 Å². The number of nitrogens with one attached hydrogen (secondary N) is 1. The average molecular weight is 401 g/mol. The van der Waals surface area contributed by atoms with Gasteiger partial charge in [-0.3, -0.25) is 9.69 Å². The molecule has 1 saturated heterocycles. The molecule has 1 fully saturated rings. The lowest BCUT2D eigenvalue weighted by Crippen LogP contribution is -2.52. The molecule has 2 N–H and O–H groups in total. The third-order valence-electron chi connectivity index (χ3n) is 4.91. The second-order valence-electron chi connectivity index (χ2n) is 7.20. The van der Waals surface area contributed by atoms with E-state index in [-0.39, 0.29) is 18.4 Å². The van der Waals surface area contributed by atoms with E-state index in [1.54, 1.807) is 12.1 Å². The molecular formula is C20H21ClN4O3. The van der Waals surface area contributed by atoms with E-state index in [4.69, 9.17) is 16.2 Å². The van der Waals surface area contributed by atoms with E-state index < -0.39 is 6.10 Å². The number of rotatable bonds is 5. The quantitative estimate of drug-likeness (QED) is 0.682. The molecule has 2 atom stereocenters. The lowest BCUT2D eigenvalue weighted by Gasteiger charge is -2.36. The molecule has 1 aliphatic heterocycles. The highest BCUT2D eigenvalue weighted by Gasteiger charge is 2.27. The van der Waals surface area contributed by atoms with Gasteiger partial charge in [0.1, 0.15) is 11.0 Å². The fourth-order valence-electron chi connectivity index (χ4n) is 3.69. The normalized spacial score (nSPS) is 20.4.